The summed E-state index contributed by atoms with van der Waals surface area (Å²) < 4.78 is 16.8. The van der Waals surface area contributed by atoms with Gasteiger partial charge in [0, 0.05) is 19.3 Å². The molecule has 0 saturated carbocycles. The summed E-state index contributed by atoms with van der Waals surface area (Å²) in [5, 5.41) is 0. The van der Waals surface area contributed by atoms with Gasteiger partial charge in [-0.25, -0.2) is 0 Å². The smallest absolute Gasteiger partial charge is 0.306 e. The summed E-state index contributed by atoms with van der Waals surface area (Å²) in [7, 11) is 0. The van der Waals surface area contributed by atoms with Crippen LogP contribution in [0.2, 0.25) is 0 Å². The summed E-state index contributed by atoms with van der Waals surface area (Å²) in [6, 6.07) is 0. The van der Waals surface area contributed by atoms with Crippen molar-refractivity contribution in [1.29, 1.82) is 0 Å². The monoisotopic (exact) mass is 911 g/mol. The predicted octanol–water partition coefficient (Wildman–Crippen LogP) is 18.7. The van der Waals surface area contributed by atoms with Crippen LogP contribution in [0.1, 0.15) is 290 Å². The molecule has 0 spiro atoms. The van der Waals surface area contributed by atoms with Crippen LogP contribution >= 0.6 is 0 Å². The van der Waals surface area contributed by atoms with E-state index in [4.69, 9.17) is 14.2 Å². The van der Waals surface area contributed by atoms with E-state index in [1.54, 1.807) is 0 Å². The Labute approximate surface area is 403 Å². The van der Waals surface area contributed by atoms with Gasteiger partial charge in [0.1, 0.15) is 13.2 Å². The van der Waals surface area contributed by atoms with Gasteiger partial charge in [0.2, 0.25) is 0 Å². The largest absolute Gasteiger partial charge is 0.462 e. The Hall–Kier alpha value is -2.63. The van der Waals surface area contributed by atoms with Crippen molar-refractivity contribution >= 4 is 17.9 Å². The number of esters is 3. The Kier molecular flexibility index (Phi) is 51.8. The molecule has 1 atom stereocenters. The van der Waals surface area contributed by atoms with Crippen molar-refractivity contribution in [1.82, 2.24) is 0 Å². The molecule has 0 aromatic carbocycles. The zero-order valence-corrected chi connectivity index (χ0v) is 43.3. The fourth-order valence-electron chi connectivity index (χ4n) is 8.03. The second kappa shape index (κ2) is 54.0. The van der Waals surface area contributed by atoms with E-state index in [0.29, 0.717) is 19.3 Å². The maximum atomic E-state index is 12.8. The standard InChI is InChI=1S/C59H106O6/c1-4-7-10-13-16-19-21-23-25-27-29-31-33-35-37-40-43-46-49-52-58(61)64-55-56(54-63-57(60)51-48-45-42-39-18-15-12-9-6-3)65-59(62)53-50-47-44-41-38-36-34-32-30-28-26-24-22-20-17-14-11-8-5-2/h16,19,23-26,29,31,56H,4-15,17-18,20-22,27-28,30,32-55H2,1-3H3/b19-16-,25-23-,26-24-,31-29-. The van der Waals surface area contributed by atoms with Crippen molar-refractivity contribution in [3.63, 3.8) is 0 Å². The zero-order chi connectivity index (χ0) is 47.2. The van der Waals surface area contributed by atoms with E-state index < -0.39 is 6.10 Å². The summed E-state index contributed by atoms with van der Waals surface area (Å²) in [5.74, 6) is -0.883. The van der Waals surface area contributed by atoms with Gasteiger partial charge < -0.3 is 14.2 Å². The van der Waals surface area contributed by atoms with Crippen LogP contribution in [-0.4, -0.2) is 37.2 Å². The molecule has 0 aromatic rings. The van der Waals surface area contributed by atoms with Gasteiger partial charge in [-0.2, -0.15) is 0 Å². The van der Waals surface area contributed by atoms with Crippen LogP contribution < -0.4 is 0 Å². The first kappa shape index (κ1) is 62.4. The molecule has 378 valence electrons. The van der Waals surface area contributed by atoms with E-state index in [1.165, 1.54) is 173 Å². The molecule has 0 aliphatic carbocycles. The molecule has 65 heavy (non-hydrogen) atoms. The number of ether oxygens (including phenoxy) is 3. The molecule has 0 fully saturated rings. The van der Waals surface area contributed by atoms with Crippen molar-refractivity contribution < 1.29 is 28.6 Å². The maximum absolute atomic E-state index is 12.8. The Morgan fingerprint density at radius 2 is 0.554 bits per heavy atom. The number of unbranched alkanes of at least 4 members (excludes halogenated alkanes) is 32. The normalized spacial score (nSPS) is 12.4. The maximum Gasteiger partial charge on any atom is 0.306 e. The molecule has 0 rings (SSSR count). The number of rotatable bonds is 51. The molecule has 0 aliphatic heterocycles. The van der Waals surface area contributed by atoms with E-state index in [-0.39, 0.29) is 31.1 Å². The highest BCUT2D eigenvalue weighted by molar-refractivity contribution is 5.71. The molecule has 0 amide bonds. The lowest BCUT2D eigenvalue weighted by molar-refractivity contribution is -0.167. The van der Waals surface area contributed by atoms with Gasteiger partial charge in [-0.3, -0.25) is 14.4 Å². The summed E-state index contributed by atoms with van der Waals surface area (Å²) in [4.78, 5) is 38.0. The van der Waals surface area contributed by atoms with Gasteiger partial charge in [0.15, 0.2) is 6.10 Å². The molecule has 6 nitrogen and oxygen atoms in total. The zero-order valence-electron chi connectivity index (χ0n) is 43.3. The van der Waals surface area contributed by atoms with Crippen LogP contribution in [0.4, 0.5) is 0 Å². The highest BCUT2D eigenvalue weighted by Gasteiger charge is 2.19. The Bertz CT molecular complexity index is 1140. The average molecular weight is 911 g/mol. The van der Waals surface area contributed by atoms with Crippen molar-refractivity contribution in [2.24, 2.45) is 0 Å². The molecular formula is C59H106O6. The lowest BCUT2D eigenvalue weighted by atomic mass is 10.1. The number of hydrogen-bond acceptors (Lipinski definition) is 6. The first-order valence-corrected chi connectivity index (χ1v) is 28.1. The third kappa shape index (κ3) is 52.2. The van der Waals surface area contributed by atoms with Crippen LogP contribution in [0, 0.1) is 0 Å². The van der Waals surface area contributed by atoms with Crippen LogP contribution in [0.15, 0.2) is 48.6 Å². The SMILES string of the molecule is CCCCC/C=C\C/C=C\C/C=C\CCCCCCCCC(=O)OCC(COC(=O)CCCCCCCCCCC)OC(=O)CCCCCCCCCCC/C=C\CCCCCCCC. The van der Waals surface area contributed by atoms with Gasteiger partial charge in [-0.05, 0) is 83.5 Å². The van der Waals surface area contributed by atoms with Crippen molar-refractivity contribution in [2.45, 2.75) is 297 Å². The van der Waals surface area contributed by atoms with Crippen molar-refractivity contribution in [3.05, 3.63) is 48.6 Å². The summed E-state index contributed by atoms with van der Waals surface area (Å²) in [6.45, 7) is 6.60. The molecule has 0 bridgehead atoms. The quantitative estimate of drug-likeness (QED) is 0.0262. The van der Waals surface area contributed by atoms with Crippen LogP contribution in [0.25, 0.3) is 0 Å². The van der Waals surface area contributed by atoms with Gasteiger partial charge >= 0.3 is 17.9 Å². The number of allylic oxidation sites excluding steroid dienone is 8. The number of carbonyl (C=O) groups is 3. The molecular weight excluding hydrogens is 805 g/mol. The molecule has 0 heterocycles. The van der Waals surface area contributed by atoms with E-state index >= 15 is 0 Å². The molecule has 0 aliphatic rings. The van der Waals surface area contributed by atoms with E-state index in [1.807, 2.05) is 0 Å². The van der Waals surface area contributed by atoms with Crippen LogP contribution in [0.3, 0.4) is 0 Å². The molecule has 0 aromatic heterocycles. The molecule has 0 radical (unpaired) electrons. The molecule has 0 N–H and O–H groups in total. The van der Waals surface area contributed by atoms with E-state index in [9.17, 15) is 14.4 Å². The van der Waals surface area contributed by atoms with E-state index in [0.717, 1.165) is 77.0 Å². The Balaban J connectivity index is 4.30. The third-order valence-electron chi connectivity index (χ3n) is 12.3. The van der Waals surface area contributed by atoms with Crippen molar-refractivity contribution in [2.75, 3.05) is 13.2 Å². The summed E-state index contributed by atoms with van der Waals surface area (Å²) >= 11 is 0. The highest BCUT2D eigenvalue weighted by atomic mass is 16.6. The fourth-order valence-corrected chi connectivity index (χ4v) is 8.03. The topological polar surface area (TPSA) is 78.9 Å². The van der Waals surface area contributed by atoms with Crippen LogP contribution in [-0.2, 0) is 28.6 Å². The first-order valence-electron chi connectivity index (χ1n) is 28.1. The minimum absolute atomic E-state index is 0.0759. The van der Waals surface area contributed by atoms with Crippen LogP contribution in [0.5, 0.6) is 0 Å². The summed E-state index contributed by atoms with van der Waals surface area (Å²) in [6.07, 6.45) is 65.3. The minimum Gasteiger partial charge on any atom is -0.462 e. The second-order valence-corrected chi connectivity index (χ2v) is 18.8. The highest BCUT2D eigenvalue weighted by Crippen LogP contribution is 2.15. The van der Waals surface area contributed by atoms with Gasteiger partial charge in [0.25, 0.3) is 0 Å². The van der Waals surface area contributed by atoms with Gasteiger partial charge in [-0.15, -0.1) is 0 Å². The number of carbonyl (C=O) groups excluding carboxylic acids is 3. The first-order chi connectivity index (χ1) is 32.0. The Morgan fingerprint density at radius 1 is 0.308 bits per heavy atom. The van der Waals surface area contributed by atoms with Crippen molar-refractivity contribution in [3.8, 4) is 0 Å². The predicted molar refractivity (Wildman–Crippen MR) is 279 cm³/mol. The minimum atomic E-state index is -0.776. The summed E-state index contributed by atoms with van der Waals surface area (Å²) in [5.41, 5.74) is 0. The Morgan fingerprint density at radius 3 is 0.908 bits per heavy atom. The second-order valence-electron chi connectivity index (χ2n) is 18.8. The average Bonchev–Trinajstić information content (AvgIpc) is 3.30. The fraction of sp³-hybridized carbons (Fsp3) is 0.814. The van der Waals surface area contributed by atoms with E-state index in [2.05, 4.69) is 69.4 Å². The third-order valence-corrected chi connectivity index (χ3v) is 12.3. The lowest BCUT2D eigenvalue weighted by Crippen LogP contribution is -2.30. The van der Waals surface area contributed by atoms with Gasteiger partial charge in [0.05, 0.1) is 0 Å². The molecule has 6 heteroatoms. The number of hydrogen-bond donors (Lipinski definition) is 0. The van der Waals surface area contributed by atoms with Gasteiger partial charge in [-0.1, -0.05) is 236 Å². The lowest BCUT2D eigenvalue weighted by Gasteiger charge is -2.18. The molecule has 1 unspecified atom stereocenters. The molecule has 0 saturated heterocycles.